The van der Waals surface area contributed by atoms with Gasteiger partial charge in [-0.2, -0.15) is 4.31 Å². The Bertz CT molecular complexity index is 609. The van der Waals surface area contributed by atoms with Crippen LogP contribution in [-0.4, -0.2) is 65.5 Å². The summed E-state index contributed by atoms with van der Waals surface area (Å²) in [7, 11) is 0.380. The van der Waals surface area contributed by atoms with Crippen molar-refractivity contribution in [3.63, 3.8) is 0 Å². The Morgan fingerprint density at radius 2 is 1.91 bits per heavy atom. The second kappa shape index (κ2) is 7.01. The van der Waals surface area contributed by atoms with E-state index in [1.165, 1.54) is 39.5 Å². The number of benzene rings is 1. The zero-order valence-corrected chi connectivity index (χ0v) is 13.5. The smallest absolute Gasteiger partial charge is 0.246 e. The van der Waals surface area contributed by atoms with E-state index in [0.717, 1.165) is 10.4 Å². The molecule has 0 aliphatic carbocycles. The zero-order chi connectivity index (χ0) is 16.3. The second-order valence-electron chi connectivity index (χ2n) is 5.03. The van der Waals surface area contributed by atoms with Gasteiger partial charge in [0, 0.05) is 21.3 Å². The van der Waals surface area contributed by atoms with Gasteiger partial charge in [0.25, 0.3) is 0 Å². The summed E-state index contributed by atoms with van der Waals surface area (Å²) >= 11 is 0. The fourth-order valence-corrected chi connectivity index (χ4v) is 3.97. The van der Waals surface area contributed by atoms with E-state index < -0.39 is 28.0 Å². The molecular weight excluding hydrogens is 313 g/mol. The number of rotatable bonds is 5. The molecule has 22 heavy (non-hydrogen) atoms. The number of methoxy groups -OCH3 is 2. The molecule has 8 heteroatoms. The van der Waals surface area contributed by atoms with E-state index in [4.69, 9.17) is 14.2 Å². The Morgan fingerprint density at radius 3 is 2.50 bits per heavy atom. The average Bonchev–Trinajstić information content (AvgIpc) is 2.53. The normalized spacial score (nSPS) is 26.3. The highest BCUT2D eigenvalue weighted by molar-refractivity contribution is 7.89. The van der Waals surface area contributed by atoms with Gasteiger partial charge in [0.05, 0.1) is 19.3 Å². The first-order chi connectivity index (χ1) is 10.4. The van der Waals surface area contributed by atoms with Gasteiger partial charge >= 0.3 is 0 Å². The van der Waals surface area contributed by atoms with Crippen molar-refractivity contribution in [1.29, 1.82) is 0 Å². The van der Waals surface area contributed by atoms with Crippen LogP contribution in [0.2, 0.25) is 0 Å². The predicted molar refractivity (Wildman–Crippen MR) is 77.5 cm³/mol. The van der Waals surface area contributed by atoms with Crippen LogP contribution in [0.15, 0.2) is 29.2 Å². The van der Waals surface area contributed by atoms with Gasteiger partial charge in [-0.15, -0.1) is 0 Å². The first-order valence-corrected chi connectivity index (χ1v) is 8.23. The quantitative estimate of drug-likeness (QED) is 0.800. The third kappa shape index (κ3) is 3.16. The third-order valence-corrected chi connectivity index (χ3v) is 5.77. The van der Waals surface area contributed by atoms with Crippen LogP contribution in [0.3, 0.4) is 0 Å². The average molecular weight is 333 g/mol. The maximum Gasteiger partial charge on any atom is 0.246 e. The molecule has 0 bridgehead atoms. The molecule has 1 fully saturated rings. The van der Waals surface area contributed by atoms with E-state index in [9.17, 15) is 12.8 Å². The summed E-state index contributed by atoms with van der Waals surface area (Å²) in [6.07, 6.45) is -0.882. The molecule has 0 N–H and O–H groups in total. The van der Waals surface area contributed by atoms with Crippen LogP contribution in [-0.2, 0) is 24.2 Å². The lowest BCUT2D eigenvalue weighted by atomic mass is 10.0. The predicted octanol–water partition coefficient (Wildman–Crippen LogP) is 0.875. The van der Waals surface area contributed by atoms with Crippen molar-refractivity contribution in [3.05, 3.63) is 30.1 Å². The van der Waals surface area contributed by atoms with Crippen molar-refractivity contribution in [1.82, 2.24) is 4.31 Å². The van der Waals surface area contributed by atoms with E-state index in [1.807, 2.05) is 0 Å². The summed E-state index contributed by atoms with van der Waals surface area (Å²) in [4.78, 5) is -0.369. The number of sulfonamides is 1. The summed E-state index contributed by atoms with van der Waals surface area (Å²) in [6.45, 7) is 0.474. The fraction of sp³-hybridized carbons (Fsp3) is 0.571. The highest BCUT2D eigenvalue weighted by Gasteiger charge is 2.41. The molecule has 1 heterocycles. The molecule has 0 spiro atoms. The van der Waals surface area contributed by atoms with Crippen LogP contribution in [0.5, 0.6) is 0 Å². The monoisotopic (exact) mass is 333 g/mol. The molecule has 2 rings (SSSR count). The summed E-state index contributed by atoms with van der Waals surface area (Å²) in [5.74, 6) is -0.789. The van der Waals surface area contributed by atoms with Crippen molar-refractivity contribution < 1.29 is 27.0 Å². The standard InChI is InChI=1S/C14H20FNO5S/c1-16(11-8-21-9-12(19-2)14(11)20-3)22(17,18)13-7-5-4-6-10(13)15/h4-7,11-12,14H,8-9H2,1-3H3/t11-,12-,14+/m1/s1. The molecule has 0 aromatic heterocycles. The van der Waals surface area contributed by atoms with Gasteiger partial charge in [-0.25, -0.2) is 12.8 Å². The molecule has 1 aliphatic heterocycles. The summed E-state index contributed by atoms with van der Waals surface area (Å²) in [5.41, 5.74) is 0. The van der Waals surface area contributed by atoms with Gasteiger partial charge in [0.2, 0.25) is 10.0 Å². The molecule has 124 valence electrons. The number of halogens is 1. The van der Waals surface area contributed by atoms with Gasteiger partial charge in [-0.05, 0) is 12.1 Å². The van der Waals surface area contributed by atoms with Crippen LogP contribution in [0.4, 0.5) is 4.39 Å². The summed E-state index contributed by atoms with van der Waals surface area (Å²) in [5, 5.41) is 0. The van der Waals surface area contributed by atoms with Crippen molar-refractivity contribution >= 4 is 10.0 Å². The number of hydrogen-bond acceptors (Lipinski definition) is 5. The van der Waals surface area contributed by atoms with Crippen LogP contribution < -0.4 is 0 Å². The molecular formula is C14H20FNO5S. The van der Waals surface area contributed by atoms with Crippen LogP contribution >= 0.6 is 0 Å². The first-order valence-electron chi connectivity index (χ1n) is 6.79. The van der Waals surface area contributed by atoms with E-state index in [-0.39, 0.29) is 17.6 Å². The summed E-state index contributed by atoms with van der Waals surface area (Å²) in [6, 6.07) is 4.67. The van der Waals surface area contributed by atoms with E-state index in [1.54, 1.807) is 0 Å². The Labute approximate surface area is 129 Å². The molecule has 0 unspecified atom stereocenters. The molecule has 1 aromatic carbocycles. The van der Waals surface area contributed by atoms with Gasteiger partial charge in [0.1, 0.15) is 22.9 Å². The Balaban J connectivity index is 2.33. The molecule has 0 amide bonds. The third-order valence-electron chi connectivity index (χ3n) is 3.85. The summed E-state index contributed by atoms with van der Waals surface area (Å²) < 4.78 is 56.3. The minimum atomic E-state index is -4.00. The topological polar surface area (TPSA) is 65.1 Å². The highest BCUT2D eigenvalue weighted by atomic mass is 32.2. The van der Waals surface area contributed by atoms with Gasteiger partial charge in [0.15, 0.2) is 0 Å². The van der Waals surface area contributed by atoms with Crippen molar-refractivity contribution in [2.24, 2.45) is 0 Å². The SMILES string of the molecule is CO[C@H]1[C@H](N(C)S(=O)(=O)c2ccccc2F)COC[C@H]1OC. The highest BCUT2D eigenvalue weighted by Crippen LogP contribution is 2.25. The minimum absolute atomic E-state index is 0.155. The maximum absolute atomic E-state index is 13.8. The van der Waals surface area contributed by atoms with Crippen molar-refractivity contribution in [2.45, 2.75) is 23.1 Å². The van der Waals surface area contributed by atoms with Crippen molar-refractivity contribution in [3.8, 4) is 0 Å². The van der Waals surface area contributed by atoms with Crippen LogP contribution in [0.25, 0.3) is 0 Å². The van der Waals surface area contributed by atoms with E-state index in [0.29, 0.717) is 6.61 Å². The number of ether oxygens (including phenoxy) is 3. The van der Waals surface area contributed by atoms with Gasteiger partial charge < -0.3 is 14.2 Å². The largest absolute Gasteiger partial charge is 0.377 e. The van der Waals surface area contributed by atoms with Crippen LogP contribution in [0.1, 0.15) is 0 Å². The Kier molecular flexibility index (Phi) is 5.51. The van der Waals surface area contributed by atoms with Gasteiger partial charge in [-0.3, -0.25) is 0 Å². The zero-order valence-electron chi connectivity index (χ0n) is 12.7. The van der Waals surface area contributed by atoms with E-state index in [2.05, 4.69) is 0 Å². The lowest BCUT2D eigenvalue weighted by Crippen LogP contribution is -2.57. The molecule has 0 saturated carbocycles. The number of nitrogens with zero attached hydrogens (tertiary/aromatic N) is 1. The Morgan fingerprint density at radius 1 is 1.23 bits per heavy atom. The van der Waals surface area contributed by atoms with Crippen LogP contribution in [0, 0.1) is 5.82 Å². The molecule has 1 saturated heterocycles. The number of hydrogen-bond donors (Lipinski definition) is 0. The number of likely N-dealkylation sites (N-methyl/N-ethyl adjacent to an activating group) is 1. The lowest BCUT2D eigenvalue weighted by Gasteiger charge is -2.40. The van der Waals surface area contributed by atoms with Crippen molar-refractivity contribution in [2.75, 3.05) is 34.5 Å². The van der Waals surface area contributed by atoms with Gasteiger partial charge in [-0.1, -0.05) is 12.1 Å². The fourth-order valence-electron chi connectivity index (χ4n) is 2.55. The molecule has 0 radical (unpaired) electrons. The van der Waals surface area contributed by atoms with E-state index >= 15 is 0 Å². The first kappa shape index (κ1) is 17.3. The lowest BCUT2D eigenvalue weighted by molar-refractivity contribution is -0.142. The molecule has 1 aliphatic rings. The minimum Gasteiger partial charge on any atom is -0.377 e. The Hall–Kier alpha value is -1.06. The second-order valence-corrected chi connectivity index (χ2v) is 7.00. The molecule has 6 nitrogen and oxygen atoms in total. The molecule has 3 atom stereocenters. The maximum atomic E-state index is 13.8. The molecule has 1 aromatic rings.